The van der Waals surface area contributed by atoms with Crippen molar-refractivity contribution in [3.8, 4) is 0 Å². The van der Waals surface area contributed by atoms with E-state index in [2.05, 4.69) is 32.9 Å². The van der Waals surface area contributed by atoms with Gasteiger partial charge in [-0.25, -0.2) is 8.78 Å². The normalized spacial score (nSPS) is 13.2. The molecule has 1 nitrogen and oxygen atoms in total. The molecule has 0 bridgehead atoms. The molecule has 0 radical (unpaired) electrons. The van der Waals surface area contributed by atoms with Crippen LogP contribution in [0.2, 0.25) is 0 Å². The Balaban J connectivity index is 2.14. The van der Waals surface area contributed by atoms with Crippen molar-refractivity contribution in [2.75, 3.05) is 0 Å². The summed E-state index contributed by atoms with van der Waals surface area (Å²) in [6.45, 7) is 6.46. The van der Waals surface area contributed by atoms with Crippen LogP contribution >= 0.6 is 0 Å². The van der Waals surface area contributed by atoms with E-state index in [1.165, 1.54) is 17.7 Å². The highest BCUT2D eigenvalue weighted by molar-refractivity contribution is 5.30. The fourth-order valence-electron chi connectivity index (χ4n) is 2.31. The van der Waals surface area contributed by atoms with Gasteiger partial charge in [0.05, 0.1) is 0 Å². The van der Waals surface area contributed by atoms with E-state index >= 15 is 0 Å². The molecule has 0 saturated carbocycles. The van der Waals surface area contributed by atoms with Crippen molar-refractivity contribution >= 4 is 0 Å². The molecule has 2 aromatic carbocycles. The van der Waals surface area contributed by atoms with Crippen molar-refractivity contribution in [3.63, 3.8) is 0 Å². The van der Waals surface area contributed by atoms with Crippen LogP contribution in [0.1, 0.15) is 43.5 Å². The van der Waals surface area contributed by atoms with E-state index in [1.807, 2.05) is 12.1 Å². The van der Waals surface area contributed by atoms with Gasteiger partial charge in [-0.15, -0.1) is 0 Å². The van der Waals surface area contributed by atoms with Crippen molar-refractivity contribution in [2.45, 2.75) is 38.6 Å². The molecule has 0 aliphatic rings. The molecule has 2 rings (SSSR count). The average Bonchev–Trinajstić information content (AvgIpc) is 2.38. The molecular formula is C18H21F2N. The van der Waals surface area contributed by atoms with E-state index in [0.717, 1.165) is 11.6 Å². The van der Waals surface area contributed by atoms with Gasteiger partial charge in [-0.2, -0.15) is 0 Å². The molecule has 0 fully saturated rings. The van der Waals surface area contributed by atoms with E-state index in [9.17, 15) is 8.78 Å². The van der Waals surface area contributed by atoms with Gasteiger partial charge in [0.2, 0.25) is 0 Å². The van der Waals surface area contributed by atoms with Crippen LogP contribution in [-0.2, 0) is 11.8 Å². The number of benzene rings is 2. The minimum absolute atomic E-state index is 0.101. The molecule has 1 unspecified atom stereocenters. The first kappa shape index (κ1) is 15.6. The maximum Gasteiger partial charge on any atom is 0.130 e. The summed E-state index contributed by atoms with van der Waals surface area (Å²) in [5.74, 6) is -1.17. The molecule has 3 heteroatoms. The van der Waals surface area contributed by atoms with Gasteiger partial charge >= 0.3 is 0 Å². The molecule has 0 heterocycles. The first-order chi connectivity index (χ1) is 9.77. The van der Waals surface area contributed by atoms with E-state index in [1.54, 1.807) is 0 Å². The van der Waals surface area contributed by atoms with Crippen LogP contribution < -0.4 is 5.73 Å². The van der Waals surface area contributed by atoms with Crippen LogP contribution in [0.25, 0.3) is 0 Å². The number of hydrogen-bond donors (Lipinski definition) is 1. The molecule has 0 saturated heterocycles. The van der Waals surface area contributed by atoms with E-state index < -0.39 is 17.7 Å². The van der Waals surface area contributed by atoms with Crippen LogP contribution in [0.15, 0.2) is 42.5 Å². The van der Waals surface area contributed by atoms with Crippen LogP contribution in [0.5, 0.6) is 0 Å². The van der Waals surface area contributed by atoms with Gasteiger partial charge in [-0.1, -0.05) is 51.1 Å². The monoisotopic (exact) mass is 289 g/mol. The van der Waals surface area contributed by atoms with E-state index in [4.69, 9.17) is 5.73 Å². The Hall–Kier alpha value is -1.74. The van der Waals surface area contributed by atoms with Gasteiger partial charge in [0.15, 0.2) is 0 Å². The lowest BCUT2D eigenvalue weighted by Gasteiger charge is -2.20. The molecule has 112 valence electrons. The van der Waals surface area contributed by atoms with Gasteiger partial charge in [0, 0.05) is 17.7 Å². The second kappa shape index (κ2) is 5.94. The summed E-state index contributed by atoms with van der Waals surface area (Å²) in [5, 5.41) is 0. The van der Waals surface area contributed by atoms with E-state index in [-0.39, 0.29) is 5.41 Å². The Labute approximate surface area is 124 Å². The zero-order valence-electron chi connectivity index (χ0n) is 12.7. The topological polar surface area (TPSA) is 26.0 Å². The lowest BCUT2D eigenvalue weighted by Crippen LogP contribution is -2.15. The predicted octanol–water partition coefficient (Wildman–Crippen LogP) is 4.50. The van der Waals surface area contributed by atoms with Crippen LogP contribution in [0.4, 0.5) is 8.78 Å². The maximum absolute atomic E-state index is 13.7. The summed E-state index contributed by atoms with van der Waals surface area (Å²) in [6.07, 6.45) is 0.521. The van der Waals surface area contributed by atoms with Crippen molar-refractivity contribution < 1.29 is 8.78 Å². The largest absolute Gasteiger partial charge is 0.324 e. The summed E-state index contributed by atoms with van der Waals surface area (Å²) in [6, 6.07) is 11.2. The average molecular weight is 289 g/mol. The van der Waals surface area contributed by atoms with Gasteiger partial charge in [-0.3, -0.25) is 0 Å². The van der Waals surface area contributed by atoms with Crippen LogP contribution in [0, 0.1) is 11.6 Å². The van der Waals surface area contributed by atoms with Crippen LogP contribution in [-0.4, -0.2) is 0 Å². The molecule has 0 aliphatic carbocycles. The Kier molecular flexibility index (Phi) is 4.43. The third-order valence-electron chi connectivity index (χ3n) is 3.64. The van der Waals surface area contributed by atoms with Crippen molar-refractivity contribution in [1.82, 2.24) is 0 Å². The number of hydrogen-bond acceptors (Lipinski definition) is 1. The molecule has 0 amide bonds. The Morgan fingerprint density at radius 2 is 1.62 bits per heavy atom. The summed E-state index contributed by atoms with van der Waals surface area (Å²) in [4.78, 5) is 0. The highest BCUT2D eigenvalue weighted by Gasteiger charge is 2.15. The highest BCUT2D eigenvalue weighted by Crippen LogP contribution is 2.24. The lowest BCUT2D eigenvalue weighted by atomic mass is 9.86. The van der Waals surface area contributed by atoms with E-state index in [0.29, 0.717) is 12.0 Å². The summed E-state index contributed by atoms with van der Waals surface area (Å²) in [5.41, 5.74) is 8.77. The van der Waals surface area contributed by atoms with Gasteiger partial charge < -0.3 is 5.73 Å². The lowest BCUT2D eigenvalue weighted by molar-refractivity contribution is 0.554. The SMILES string of the molecule is CC(C)(C)c1ccc(CC(N)c2ccc(F)cc2F)cc1. The smallest absolute Gasteiger partial charge is 0.130 e. The third kappa shape index (κ3) is 3.88. The molecule has 0 aromatic heterocycles. The van der Waals surface area contributed by atoms with Crippen molar-refractivity contribution in [3.05, 3.63) is 70.8 Å². The second-order valence-corrected chi connectivity index (χ2v) is 6.42. The Morgan fingerprint density at radius 1 is 1.00 bits per heavy atom. The number of nitrogens with two attached hydrogens (primary N) is 1. The van der Waals surface area contributed by atoms with Crippen molar-refractivity contribution in [2.24, 2.45) is 5.73 Å². The zero-order valence-corrected chi connectivity index (χ0v) is 12.7. The van der Waals surface area contributed by atoms with Gasteiger partial charge in [-0.05, 0) is 29.0 Å². The first-order valence-corrected chi connectivity index (χ1v) is 7.07. The fourth-order valence-corrected chi connectivity index (χ4v) is 2.31. The minimum Gasteiger partial charge on any atom is -0.324 e. The molecule has 2 N–H and O–H groups in total. The molecule has 2 aromatic rings. The molecular weight excluding hydrogens is 268 g/mol. The summed E-state index contributed by atoms with van der Waals surface area (Å²) >= 11 is 0. The zero-order chi connectivity index (χ0) is 15.6. The van der Waals surface area contributed by atoms with Crippen LogP contribution in [0.3, 0.4) is 0 Å². The quantitative estimate of drug-likeness (QED) is 0.884. The van der Waals surface area contributed by atoms with Crippen molar-refractivity contribution in [1.29, 1.82) is 0 Å². The fraction of sp³-hybridized carbons (Fsp3) is 0.333. The predicted molar refractivity (Wildman–Crippen MR) is 82.1 cm³/mol. The standard InChI is InChI=1S/C18H21F2N/c1-18(2,3)13-6-4-12(5-7-13)10-17(21)15-9-8-14(19)11-16(15)20/h4-9,11,17H,10,21H2,1-3H3. The Bertz CT molecular complexity index is 612. The number of rotatable bonds is 3. The maximum atomic E-state index is 13.7. The summed E-state index contributed by atoms with van der Waals surface area (Å²) in [7, 11) is 0. The molecule has 1 atom stereocenters. The molecule has 0 aliphatic heterocycles. The minimum atomic E-state index is -0.589. The Morgan fingerprint density at radius 3 is 2.14 bits per heavy atom. The highest BCUT2D eigenvalue weighted by atomic mass is 19.1. The number of halogens is 2. The van der Waals surface area contributed by atoms with Gasteiger partial charge in [0.25, 0.3) is 0 Å². The third-order valence-corrected chi connectivity index (χ3v) is 3.64. The molecule has 21 heavy (non-hydrogen) atoms. The van der Waals surface area contributed by atoms with Gasteiger partial charge in [0.1, 0.15) is 11.6 Å². The second-order valence-electron chi connectivity index (χ2n) is 6.42. The summed E-state index contributed by atoms with van der Waals surface area (Å²) < 4.78 is 26.6. The first-order valence-electron chi connectivity index (χ1n) is 7.07. The molecule has 0 spiro atoms.